The van der Waals surface area contributed by atoms with Crippen molar-refractivity contribution in [1.29, 1.82) is 5.26 Å². The molecule has 0 N–H and O–H groups in total. The molecule has 3 aliphatic heterocycles. The van der Waals surface area contributed by atoms with Gasteiger partial charge in [0, 0.05) is 31.5 Å². The highest BCUT2D eigenvalue weighted by molar-refractivity contribution is 7.89. The number of aromatic nitrogens is 1. The largest absolute Gasteiger partial charge is 0.463 e. The fraction of sp³-hybridized carbons (Fsp3) is 0.517. The van der Waals surface area contributed by atoms with Crippen LogP contribution in [0.1, 0.15) is 55.0 Å². The summed E-state index contributed by atoms with van der Waals surface area (Å²) in [5, 5.41) is 10.1. The Balaban J connectivity index is 1.61. The van der Waals surface area contributed by atoms with Gasteiger partial charge in [-0.1, -0.05) is 17.7 Å². The number of nitriles is 1. The molecule has 2 aromatic rings. The van der Waals surface area contributed by atoms with E-state index < -0.39 is 63.6 Å². The van der Waals surface area contributed by atoms with E-state index in [0.29, 0.717) is 6.42 Å². The van der Waals surface area contributed by atoms with Gasteiger partial charge in [0.05, 0.1) is 37.1 Å². The number of nitrogens with zero attached hydrogens (tertiary/aromatic N) is 3. The fourth-order valence-corrected chi connectivity index (χ4v) is 7.62. The Hall–Kier alpha value is -3.64. The maximum Gasteiger partial charge on any atom is 0.355 e. The van der Waals surface area contributed by atoms with E-state index in [9.17, 15) is 32.5 Å². The molecule has 0 radical (unpaired) electrons. The van der Waals surface area contributed by atoms with Crippen LogP contribution in [0.25, 0.3) is 0 Å². The van der Waals surface area contributed by atoms with Crippen molar-refractivity contribution in [3.05, 3.63) is 63.1 Å². The lowest BCUT2D eigenvalue weighted by atomic mass is 9.86. The number of alkyl halides is 1. The summed E-state index contributed by atoms with van der Waals surface area (Å²) in [6.45, 7) is 2.54. The first kappa shape index (κ1) is 30.8. The Labute approximate surface area is 247 Å². The number of aryl methyl sites for hydroxylation is 1. The van der Waals surface area contributed by atoms with E-state index in [-0.39, 0.29) is 61.9 Å². The third-order valence-electron chi connectivity index (χ3n) is 8.09. The van der Waals surface area contributed by atoms with Gasteiger partial charge in [0.25, 0.3) is 5.56 Å². The second-order valence-electron chi connectivity index (χ2n) is 10.6. The minimum absolute atomic E-state index is 0.00628. The number of carbonyl (C=O) groups is 2. The average Bonchev–Trinajstić information content (AvgIpc) is 3.75. The van der Waals surface area contributed by atoms with Crippen LogP contribution >= 0.6 is 0 Å². The molecule has 0 amide bonds. The lowest BCUT2D eigenvalue weighted by Gasteiger charge is -2.34. The van der Waals surface area contributed by atoms with Gasteiger partial charge in [-0.05, 0) is 44.9 Å². The Morgan fingerprint density at radius 1 is 1.21 bits per heavy atom. The number of benzene rings is 1. The van der Waals surface area contributed by atoms with Crippen molar-refractivity contribution >= 4 is 22.0 Å². The number of fused-ring (bicyclic) bond motifs is 2. The number of hydrogen-bond donors (Lipinski definition) is 0. The molecule has 3 aliphatic rings. The first-order valence-corrected chi connectivity index (χ1v) is 15.5. The molecule has 2 fully saturated rings. The van der Waals surface area contributed by atoms with Crippen LogP contribution in [0.5, 0.6) is 0 Å². The van der Waals surface area contributed by atoms with Crippen LogP contribution in [0.2, 0.25) is 0 Å². The molecular weight excluding hydrogens is 585 g/mol. The lowest BCUT2D eigenvalue weighted by molar-refractivity contribution is -0.188. The highest BCUT2D eigenvalue weighted by Crippen LogP contribution is 2.43. The molecule has 0 bridgehead atoms. The van der Waals surface area contributed by atoms with Crippen LogP contribution in [0.3, 0.4) is 0 Å². The number of pyridine rings is 1. The summed E-state index contributed by atoms with van der Waals surface area (Å²) in [5.74, 6) is -3.66. The number of hydrogen-bond acceptors (Lipinski definition) is 10. The second kappa shape index (κ2) is 11.8. The highest BCUT2D eigenvalue weighted by atomic mass is 32.2. The van der Waals surface area contributed by atoms with Crippen molar-refractivity contribution in [2.24, 2.45) is 0 Å². The predicted octanol–water partition coefficient (Wildman–Crippen LogP) is 2.15. The van der Waals surface area contributed by atoms with E-state index in [1.54, 1.807) is 25.1 Å². The Bertz CT molecular complexity index is 1630. The predicted molar refractivity (Wildman–Crippen MR) is 147 cm³/mol. The molecule has 5 rings (SSSR count). The van der Waals surface area contributed by atoms with E-state index >= 15 is 0 Å². The van der Waals surface area contributed by atoms with Gasteiger partial charge >= 0.3 is 11.9 Å². The zero-order chi connectivity index (χ0) is 31.0. The standard InChI is InChI=1S/C29H32FN3O9S/c1-3-39-27(36)28(10-12-30,22-17-24-29(40-15-16-41-29)11-14-32(24)25(34)21(22)18-31)42-26(35)23-5-4-13-33(23)43(37,38)20-8-6-19(2)7-9-20/h6-9,17,23H,3-5,10-16H2,1-2H3/t23-,28+/m1/s1. The number of carbonyl (C=O) groups excluding carboxylic acids is 2. The number of rotatable bonds is 9. The molecular formula is C29H32FN3O9S. The summed E-state index contributed by atoms with van der Waals surface area (Å²) >= 11 is 0. The first-order valence-electron chi connectivity index (χ1n) is 14.1. The molecule has 2 saturated heterocycles. The van der Waals surface area contributed by atoms with E-state index in [1.165, 1.54) is 29.7 Å². The molecule has 0 unspecified atom stereocenters. The summed E-state index contributed by atoms with van der Waals surface area (Å²) in [6, 6.07) is 7.85. The number of sulfonamides is 1. The third-order valence-corrected chi connectivity index (χ3v) is 10.0. The third kappa shape index (κ3) is 5.14. The van der Waals surface area contributed by atoms with Crippen molar-refractivity contribution in [2.75, 3.05) is 33.0 Å². The molecule has 2 atom stereocenters. The van der Waals surface area contributed by atoms with Gasteiger partial charge in [-0.3, -0.25) is 14.0 Å². The quantitative estimate of drug-likeness (QED) is 0.382. The van der Waals surface area contributed by atoms with E-state index in [4.69, 9.17) is 18.9 Å². The Morgan fingerprint density at radius 3 is 2.53 bits per heavy atom. The molecule has 0 aliphatic carbocycles. The van der Waals surface area contributed by atoms with Gasteiger partial charge in [-0.25, -0.2) is 13.2 Å². The number of ether oxygens (including phenoxy) is 4. The minimum atomic E-state index is -4.15. The first-order chi connectivity index (χ1) is 20.5. The van der Waals surface area contributed by atoms with Crippen LogP contribution in [0.4, 0.5) is 4.39 Å². The topological polar surface area (TPSA) is 154 Å². The summed E-state index contributed by atoms with van der Waals surface area (Å²) in [4.78, 5) is 41.0. The average molecular weight is 618 g/mol. The van der Waals surface area contributed by atoms with Crippen LogP contribution in [0.15, 0.2) is 40.0 Å². The van der Waals surface area contributed by atoms with Gasteiger partial charge in [-0.15, -0.1) is 0 Å². The molecule has 12 nitrogen and oxygen atoms in total. The van der Waals surface area contributed by atoms with E-state index in [1.807, 2.05) is 0 Å². The SMILES string of the molecule is CCOC(=O)[C@@](CCF)(OC(=O)[C@H]1CCCN1S(=O)(=O)c1ccc(C)cc1)c1cc2n(c(=O)c1C#N)CCC21OCCO1. The van der Waals surface area contributed by atoms with Gasteiger partial charge in [0.1, 0.15) is 17.7 Å². The smallest absolute Gasteiger partial charge is 0.355 e. The number of esters is 2. The molecule has 0 saturated carbocycles. The molecule has 43 heavy (non-hydrogen) atoms. The lowest BCUT2D eigenvalue weighted by Crippen LogP contribution is -2.49. The van der Waals surface area contributed by atoms with E-state index in [2.05, 4.69) is 0 Å². The molecule has 1 aromatic heterocycles. The van der Waals surface area contributed by atoms with Gasteiger partial charge in [0.15, 0.2) is 0 Å². The molecule has 14 heteroatoms. The maximum atomic E-state index is 14.3. The Morgan fingerprint density at radius 2 is 1.91 bits per heavy atom. The van der Waals surface area contributed by atoms with Crippen LogP contribution in [0, 0.1) is 18.3 Å². The fourth-order valence-electron chi connectivity index (χ4n) is 5.97. The van der Waals surface area contributed by atoms with Crippen LogP contribution in [-0.2, 0) is 56.5 Å². The van der Waals surface area contributed by atoms with Crippen LogP contribution < -0.4 is 5.56 Å². The van der Waals surface area contributed by atoms with Gasteiger partial charge < -0.3 is 23.5 Å². The molecule has 1 spiro atoms. The van der Waals surface area contributed by atoms with Crippen LogP contribution in [-0.4, -0.2) is 68.3 Å². The maximum absolute atomic E-state index is 14.3. The zero-order valence-corrected chi connectivity index (χ0v) is 24.7. The minimum Gasteiger partial charge on any atom is -0.463 e. The molecule has 1 aromatic carbocycles. The normalized spacial score (nSPS) is 20.8. The molecule has 230 valence electrons. The summed E-state index contributed by atoms with van der Waals surface area (Å²) in [6.07, 6.45) is -0.149. The van der Waals surface area contributed by atoms with Crippen molar-refractivity contribution < 1.29 is 41.3 Å². The summed E-state index contributed by atoms with van der Waals surface area (Å²) in [7, 11) is -4.15. The second-order valence-corrected chi connectivity index (χ2v) is 12.5. The van der Waals surface area contributed by atoms with Gasteiger partial charge in [-0.2, -0.15) is 9.57 Å². The van der Waals surface area contributed by atoms with E-state index in [0.717, 1.165) is 9.87 Å². The summed E-state index contributed by atoms with van der Waals surface area (Å²) in [5.41, 5.74) is -3.25. The number of halogens is 1. The monoisotopic (exact) mass is 617 g/mol. The van der Waals surface area contributed by atoms with Gasteiger partial charge in [0.2, 0.25) is 21.4 Å². The Kier molecular flexibility index (Phi) is 8.45. The van der Waals surface area contributed by atoms with Crippen molar-refractivity contribution in [2.45, 2.75) is 68.4 Å². The zero-order valence-electron chi connectivity index (χ0n) is 23.8. The van der Waals surface area contributed by atoms with Crippen molar-refractivity contribution in [3.8, 4) is 6.07 Å². The molecule has 4 heterocycles. The highest BCUT2D eigenvalue weighted by Gasteiger charge is 2.54. The summed E-state index contributed by atoms with van der Waals surface area (Å²) < 4.78 is 66.3. The van der Waals surface area contributed by atoms with Crippen molar-refractivity contribution in [1.82, 2.24) is 8.87 Å². The van der Waals surface area contributed by atoms with Crippen molar-refractivity contribution in [3.63, 3.8) is 0 Å².